The summed E-state index contributed by atoms with van der Waals surface area (Å²) in [4.78, 5) is 3.32. The maximum absolute atomic E-state index is 3.33. The van der Waals surface area contributed by atoms with Gasteiger partial charge in [-0.05, 0) is 24.6 Å². The van der Waals surface area contributed by atoms with Gasteiger partial charge in [-0.25, -0.2) is 0 Å². The number of nitrogens with one attached hydrogen (secondary N) is 2. The Balaban J connectivity index is 2.22. The van der Waals surface area contributed by atoms with Crippen LogP contribution >= 0.6 is 0 Å². The molecular weight excluding hydrogens is 184 g/mol. The minimum absolute atomic E-state index is 0.987. The highest BCUT2D eigenvalue weighted by Crippen LogP contribution is 2.26. The van der Waals surface area contributed by atoms with E-state index < -0.39 is 0 Å². The van der Waals surface area contributed by atoms with Gasteiger partial charge in [0.2, 0.25) is 0 Å². The molecule has 2 heteroatoms. The van der Waals surface area contributed by atoms with E-state index in [0.717, 1.165) is 13.1 Å². The normalized spacial score (nSPS) is 15.9. The Morgan fingerprint density at radius 1 is 1.27 bits per heavy atom. The van der Waals surface area contributed by atoms with E-state index in [9.17, 15) is 0 Å². The average molecular weight is 198 g/mol. The smallest absolute Gasteiger partial charge is 0.0460 e. The molecule has 0 unspecified atom stereocenters. The van der Waals surface area contributed by atoms with Crippen LogP contribution in [0.5, 0.6) is 0 Å². The van der Waals surface area contributed by atoms with E-state index in [4.69, 9.17) is 0 Å². The molecule has 2 heterocycles. The molecule has 3 rings (SSSR count). The van der Waals surface area contributed by atoms with Gasteiger partial charge in [-0.2, -0.15) is 0 Å². The van der Waals surface area contributed by atoms with Crippen LogP contribution in [-0.4, -0.2) is 18.1 Å². The second-order valence-corrected chi connectivity index (χ2v) is 4.11. The summed E-state index contributed by atoms with van der Waals surface area (Å²) in [6, 6.07) is 6.54. The third kappa shape index (κ3) is 1.38. The molecule has 1 aromatic carbocycles. The zero-order chi connectivity index (χ0) is 10.3. The van der Waals surface area contributed by atoms with Crippen molar-refractivity contribution in [1.29, 1.82) is 0 Å². The molecule has 0 saturated heterocycles. The van der Waals surface area contributed by atoms with E-state index in [1.165, 1.54) is 27.6 Å². The highest BCUT2D eigenvalue weighted by molar-refractivity contribution is 5.93. The molecule has 0 radical (unpaired) electrons. The summed E-state index contributed by atoms with van der Waals surface area (Å²) in [6.45, 7) is 4.12. The molecule has 2 aromatic rings. The summed E-state index contributed by atoms with van der Waals surface area (Å²) < 4.78 is 0. The van der Waals surface area contributed by atoms with E-state index >= 15 is 0 Å². The monoisotopic (exact) mass is 198 g/mol. The lowest BCUT2D eigenvalue weighted by molar-refractivity contribution is 0.897. The van der Waals surface area contributed by atoms with Crippen LogP contribution < -0.4 is 5.32 Å². The van der Waals surface area contributed by atoms with Crippen LogP contribution in [-0.2, 0) is 0 Å². The summed E-state index contributed by atoms with van der Waals surface area (Å²) in [7, 11) is 0. The van der Waals surface area contributed by atoms with Crippen molar-refractivity contribution in [2.24, 2.45) is 0 Å². The van der Waals surface area contributed by atoms with Crippen LogP contribution in [0, 0.1) is 6.92 Å². The highest BCUT2D eigenvalue weighted by atomic mass is 14.9. The first-order chi connectivity index (χ1) is 7.34. The summed E-state index contributed by atoms with van der Waals surface area (Å²) in [6.07, 6.45) is 4.38. The van der Waals surface area contributed by atoms with E-state index in [1.807, 2.05) is 0 Å². The number of aromatic amines is 1. The topological polar surface area (TPSA) is 27.8 Å². The molecule has 2 N–H and O–H groups in total. The third-order valence-electron chi connectivity index (χ3n) is 2.99. The fourth-order valence-corrected chi connectivity index (χ4v) is 2.18. The number of hydrogen-bond donors (Lipinski definition) is 2. The van der Waals surface area contributed by atoms with Crippen molar-refractivity contribution in [1.82, 2.24) is 10.3 Å². The number of aryl methyl sites for hydroxylation is 1. The SMILES string of the molecule is Cc1ccc2[nH]cc(C3=CCNC3)c2c1. The molecule has 0 saturated carbocycles. The molecule has 1 aliphatic rings. The number of benzene rings is 1. The molecular formula is C13H14N2. The molecule has 0 spiro atoms. The number of rotatable bonds is 1. The van der Waals surface area contributed by atoms with Crippen molar-refractivity contribution < 1.29 is 0 Å². The minimum atomic E-state index is 0.987. The van der Waals surface area contributed by atoms with Crippen LogP contribution in [0.2, 0.25) is 0 Å². The van der Waals surface area contributed by atoms with Crippen molar-refractivity contribution in [2.45, 2.75) is 6.92 Å². The van der Waals surface area contributed by atoms with Gasteiger partial charge in [0, 0.05) is 35.8 Å². The van der Waals surface area contributed by atoms with E-state index in [0.29, 0.717) is 0 Å². The summed E-state index contributed by atoms with van der Waals surface area (Å²) in [5.74, 6) is 0. The molecule has 1 aromatic heterocycles. The predicted octanol–water partition coefficient (Wildman–Crippen LogP) is 2.46. The third-order valence-corrected chi connectivity index (χ3v) is 2.99. The average Bonchev–Trinajstić information content (AvgIpc) is 2.83. The molecule has 76 valence electrons. The molecule has 15 heavy (non-hydrogen) atoms. The molecule has 1 aliphatic heterocycles. The van der Waals surface area contributed by atoms with Gasteiger partial charge in [0.1, 0.15) is 0 Å². The lowest BCUT2D eigenvalue weighted by Crippen LogP contribution is -2.07. The van der Waals surface area contributed by atoms with Gasteiger partial charge in [0.15, 0.2) is 0 Å². The molecule has 0 bridgehead atoms. The van der Waals surface area contributed by atoms with Crippen molar-refractivity contribution >= 4 is 16.5 Å². The van der Waals surface area contributed by atoms with Crippen LogP contribution in [0.4, 0.5) is 0 Å². The summed E-state index contributed by atoms with van der Waals surface area (Å²) in [5, 5.41) is 4.67. The summed E-state index contributed by atoms with van der Waals surface area (Å²) >= 11 is 0. The lowest BCUT2D eigenvalue weighted by atomic mass is 10.0. The first-order valence-corrected chi connectivity index (χ1v) is 5.32. The number of fused-ring (bicyclic) bond motifs is 1. The molecule has 0 amide bonds. The fraction of sp³-hybridized carbons (Fsp3) is 0.231. The predicted molar refractivity (Wildman–Crippen MR) is 63.9 cm³/mol. The van der Waals surface area contributed by atoms with Crippen LogP contribution in [0.3, 0.4) is 0 Å². The van der Waals surface area contributed by atoms with Gasteiger partial charge in [-0.1, -0.05) is 17.7 Å². The Morgan fingerprint density at radius 2 is 2.20 bits per heavy atom. The second kappa shape index (κ2) is 3.24. The Bertz CT molecular complexity index is 534. The number of H-pyrrole nitrogens is 1. The van der Waals surface area contributed by atoms with Gasteiger partial charge in [-0.3, -0.25) is 0 Å². The quantitative estimate of drug-likeness (QED) is 0.723. The van der Waals surface area contributed by atoms with Gasteiger partial charge in [0.25, 0.3) is 0 Å². The van der Waals surface area contributed by atoms with E-state index in [1.54, 1.807) is 0 Å². The maximum atomic E-state index is 3.33. The zero-order valence-electron chi connectivity index (χ0n) is 8.80. The van der Waals surface area contributed by atoms with Gasteiger partial charge in [-0.15, -0.1) is 0 Å². The molecule has 0 atom stereocenters. The summed E-state index contributed by atoms with van der Waals surface area (Å²) in [5.41, 5.74) is 5.30. The zero-order valence-corrected chi connectivity index (χ0v) is 8.80. The Labute approximate surface area is 89.0 Å². The fourth-order valence-electron chi connectivity index (χ4n) is 2.18. The van der Waals surface area contributed by atoms with Crippen molar-refractivity contribution in [3.8, 4) is 0 Å². The van der Waals surface area contributed by atoms with Crippen LogP contribution in [0.1, 0.15) is 11.1 Å². The number of aromatic nitrogens is 1. The second-order valence-electron chi connectivity index (χ2n) is 4.11. The first kappa shape index (κ1) is 8.74. The highest BCUT2D eigenvalue weighted by Gasteiger charge is 2.11. The van der Waals surface area contributed by atoms with E-state index in [2.05, 4.69) is 47.7 Å². The molecule has 0 aliphatic carbocycles. The largest absolute Gasteiger partial charge is 0.361 e. The minimum Gasteiger partial charge on any atom is -0.361 e. The maximum Gasteiger partial charge on any atom is 0.0460 e. The van der Waals surface area contributed by atoms with Crippen LogP contribution in [0.25, 0.3) is 16.5 Å². The van der Waals surface area contributed by atoms with Gasteiger partial charge in [0.05, 0.1) is 0 Å². The van der Waals surface area contributed by atoms with E-state index in [-0.39, 0.29) is 0 Å². The molecule has 2 nitrogen and oxygen atoms in total. The Hall–Kier alpha value is -1.54. The number of hydrogen-bond acceptors (Lipinski definition) is 1. The van der Waals surface area contributed by atoms with Crippen LogP contribution in [0.15, 0.2) is 30.5 Å². The van der Waals surface area contributed by atoms with Crippen molar-refractivity contribution in [2.75, 3.05) is 13.1 Å². The lowest BCUT2D eigenvalue weighted by Gasteiger charge is -2.00. The van der Waals surface area contributed by atoms with Gasteiger partial charge >= 0.3 is 0 Å². The first-order valence-electron chi connectivity index (χ1n) is 5.32. The standard InChI is InChI=1S/C13H14N2/c1-9-2-3-13-11(6-9)12(8-15-13)10-4-5-14-7-10/h2-4,6,8,14-15H,5,7H2,1H3. The molecule has 0 fully saturated rings. The van der Waals surface area contributed by atoms with Crippen molar-refractivity contribution in [3.63, 3.8) is 0 Å². The Morgan fingerprint density at radius 3 is 3.00 bits per heavy atom. The van der Waals surface area contributed by atoms with Gasteiger partial charge < -0.3 is 10.3 Å². The van der Waals surface area contributed by atoms with Crippen molar-refractivity contribution in [3.05, 3.63) is 41.6 Å². The Kier molecular flexibility index (Phi) is 1.89.